The lowest BCUT2D eigenvalue weighted by atomic mass is 10.1. The Morgan fingerprint density at radius 1 is 0.766 bits per heavy atom. The van der Waals surface area contributed by atoms with Crippen LogP contribution in [0.3, 0.4) is 0 Å². The van der Waals surface area contributed by atoms with Gasteiger partial charge in [-0.25, -0.2) is 4.79 Å². The van der Waals surface area contributed by atoms with Gasteiger partial charge < -0.3 is 42.3 Å². The van der Waals surface area contributed by atoms with Gasteiger partial charge in [-0.05, 0) is 42.8 Å². The highest BCUT2D eigenvalue weighted by Crippen LogP contribution is 2.25. The lowest BCUT2D eigenvalue weighted by Gasteiger charge is -2.16. The fourth-order valence-corrected chi connectivity index (χ4v) is 5.31. The van der Waals surface area contributed by atoms with E-state index in [1.54, 1.807) is 66.7 Å². The molecular weight excluding hydrogens is 612 g/mol. The number of benzene rings is 2. The summed E-state index contributed by atoms with van der Waals surface area (Å²) < 4.78 is 40.2. The molecular formula is C34H36N2O11. The first kappa shape index (κ1) is 33.5. The van der Waals surface area contributed by atoms with E-state index in [9.17, 15) is 19.2 Å². The third kappa shape index (κ3) is 7.95. The van der Waals surface area contributed by atoms with Crippen molar-refractivity contribution in [1.82, 2.24) is 9.13 Å². The minimum atomic E-state index is -0.456. The molecule has 248 valence electrons. The van der Waals surface area contributed by atoms with Gasteiger partial charge in [0, 0.05) is 46.7 Å². The van der Waals surface area contributed by atoms with Gasteiger partial charge in [-0.1, -0.05) is 0 Å². The molecule has 0 aliphatic carbocycles. The largest absolute Gasteiger partial charge is 0.497 e. The summed E-state index contributed by atoms with van der Waals surface area (Å²) in [5.41, 5.74) is 1.82. The van der Waals surface area contributed by atoms with E-state index in [0.717, 1.165) is 5.39 Å². The zero-order valence-corrected chi connectivity index (χ0v) is 26.3. The van der Waals surface area contributed by atoms with E-state index < -0.39 is 18.5 Å². The molecule has 2 aliphatic rings. The van der Waals surface area contributed by atoms with Gasteiger partial charge in [0.1, 0.15) is 11.5 Å². The number of ether oxygens (including phenoxy) is 7. The lowest BCUT2D eigenvalue weighted by molar-refractivity contribution is -0.137. The summed E-state index contributed by atoms with van der Waals surface area (Å²) in [5, 5.41) is 1.51. The van der Waals surface area contributed by atoms with Crippen molar-refractivity contribution in [1.29, 1.82) is 0 Å². The third-order valence-corrected chi connectivity index (χ3v) is 7.56. The topological polar surface area (TPSA) is 143 Å². The minimum Gasteiger partial charge on any atom is -0.497 e. The van der Waals surface area contributed by atoms with Gasteiger partial charge in [0.05, 0.1) is 71.4 Å². The molecule has 4 heterocycles. The number of esters is 1. The standard InChI is InChI=1S/C19H21NO6.C15H15NO5/c1-3-24-18(22)7-4-13-10-17(21)20(12-19-25-8-9-26-19)16-11-14(23-2)5-6-15(13)16;1-19-11-2-3-12-10(9-17)6-14(18)16(13(12)7-11)8-15-20-4-5-21-15/h4-7,10-11,19H,3,8-9,12H2,1-2H3;2-3,6-7,9,15H,4-5,8H2,1H3/b7-4+;. The van der Waals surface area contributed by atoms with Crippen molar-refractivity contribution in [2.45, 2.75) is 32.6 Å². The quantitative estimate of drug-likeness (QED) is 0.142. The summed E-state index contributed by atoms with van der Waals surface area (Å²) in [6.07, 6.45) is 2.68. The molecule has 0 saturated carbocycles. The fraction of sp³-hybridized carbons (Fsp3) is 0.353. The Labute approximate surface area is 269 Å². The first-order chi connectivity index (χ1) is 22.8. The van der Waals surface area contributed by atoms with Crippen LogP contribution in [0.4, 0.5) is 0 Å². The number of hydrogen-bond donors (Lipinski definition) is 0. The highest BCUT2D eigenvalue weighted by atomic mass is 16.7. The van der Waals surface area contributed by atoms with E-state index in [-0.39, 0.29) is 24.2 Å². The predicted molar refractivity (Wildman–Crippen MR) is 172 cm³/mol. The molecule has 0 bridgehead atoms. The second-order valence-corrected chi connectivity index (χ2v) is 10.4. The molecule has 2 aromatic carbocycles. The average molecular weight is 649 g/mol. The Bertz CT molecular complexity index is 1880. The molecule has 6 rings (SSSR count). The first-order valence-electron chi connectivity index (χ1n) is 15.0. The van der Waals surface area contributed by atoms with Crippen LogP contribution >= 0.6 is 0 Å². The van der Waals surface area contributed by atoms with Crippen LogP contribution in [-0.4, -0.2) is 81.2 Å². The van der Waals surface area contributed by atoms with Crippen molar-refractivity contribution in [3.8, 4) is 11.5 Å². The number of hydrogen-bond acceptors (Lipinski definition) is 11. The Kier molecular flexibility index (Phi) is 11.2. The SMILES string of the molecule is CCOC(=O)/C=C/c1cc(=O)n(CC2OCCO2)c2cc(OC)ccc12.COc1ccc2c(C=O)cc(=O)n(CC3OCCO3)c2c1. The van der Waals surface area contributed by atoms with Gasteiger partial charge in [-0.15, -0.1) is 0 Å². The summed E-state index contributed by atoms with van der Waals surface area (Å²) in [6.45, 7) is 4.67. The van der Waals surface area contributed by atoms with Gasteiger partial charge in [0.15, 0.2) is 18.9 Å². The second-order valence-electron chi connectivity index (χ2n) is 10.4. The number of nitrogens with zero attached hydrogens (tertiary/aromatic N) is 2. The van der Waals surface area contributed by atoms with Gasteiger partial charge in [0.25, 0.3) is 11.1 Å². The van der Waals surface area contributed by atoms with Crippen LogP contribution in [0.15, 0.2) is 64.2 Å². The number of methoxy groups -OCH3 is 2. The summed E-state index contributed by atoms with van der Waals surface area (Å²) >= 11 is 0. The van der Waals surface area contributed by atoms with Gasteiger partial charge >= 0.3 is 5.97 Å². The molecule has 0 radical (unpaired) electrons. The lowest BCUT2D eigenvalue weighted by Crippen LogP contribution is -2.27. The number of carbonyl (C=O) groups is 2. The average Bonchev–Trinajstić information content (AvgIpc) is 3.81. The van der Waals surface area contributed by atoms with Crippen molar-refractivity contribution in [2.75, 3.05) is 47.3 Å². The summed E-state index contributed by atoms with van der Waals surface area (Å²) in [7, 11) is 3.12. The van der Waals surface area contributed by atoms with Crippen LogP contribution in [-0.2, 0) is 41.6 Å². The Morgan fingerprint density at radius 2 is 1.23 bits per heavy atom. The molecule has 13 nitrogen and oxygen atoms in total. The van der Waals surface area contributed by atoms with E-state index >= 15 is 0 Å². The molecule has 0 amide bonds. The molecule has 2 saturated heterocycles. The van der Waals surface area contributed by atoms with Crippen LogP contribution in [0, 0.1) is 0 Å². The molecule has 2 fully saturated rings. The van der Waals surface area contributed by atoms with Crippen LogP contribution < -0.4 is 20.6 Å². The number of aromatic nitrogens is 2. The number of fused-ring (bicyclic) bond motifs is 2. The maximum atomic E-state index is 12.7. The normalized spacial score (nSPS) is 15.2. The van der Waals surface area contributed by atoms with Crippen molar-refractivity contribution < 1.29 is 42.7 Å². The van der Waals surface area contributed by atoms with Crippen molar-refractivity contribution in [2.24, 2.45) is 0 Å². The number of pyridine rings is 2. The van der Waals surface area contributed by atoms with Gasteiger partial charge in [-0.3, -0.25) is 14.4 Å². The third-order valence-electron chi connectivity index (χ3n) is 7.56. The molecule has 0 N–H and O–H groups in total. The van der Waals surface area contributed by atoms with Gasteiger partial charge in [-0.2, -0.15) is 0 Å². The molecule has 0 spiro atoms. The molecule has 2 aliphatic heterocycles. The fourth-order valence-electron chi connectivity index (χ4n) is 5.31. The Hall–Kier alpha value is -4.82. The van der Waals surface area contributed by atoms with E-state index in [1.807, 2.05) is 6.07 Å². The first-order valence-corrected chi connectivity index (χ1v) is 15.0. The smallest absolute Gasteiger partial charge is 0.330 e. The minimum absolute atomic E-state index is 0.214. The van der Waals surface area contributed by atoms with Crippen molar-refractivity contribution >= 4 is 40.1 Å². The van der Waals surface area contributed by atoms with Crippen LogP contribution in [0.5, 0.6) is 11.5 Å². The maximum Gasteiger partial charge on any atom is 0.330 e. The maximum absolute atomic E-state index is 12.7. The van der Waals surface area contributed by atoms with Crippen LogP contribution in [0.25, 0.3) is 27.9 Å². The Morgan fingerprint density at radius 3 is 1.68 bits per heavy atom. The van der Waals surface area contributed by atoms with E-state index in [1.165, 1.54) is 18.2 Å². The van der Waals surface area contributed by atoms with E-state index in [4.69, 9.17) is 33.2 Å². The van der Waals surface area contributed by atoms with E-state index in [2.05, 4.69) is 0 Å². The molecule has 13 heteroatoms. The summed E-state index contributed by atoms with van der Waals surface area (Å²) in [5.74, 6) is 0.795. The highest BCUT2D eigenvalue weighted by Gasteiger charge is 2.20. The highest BCUT2D eigenvalue weighted by molar-refractivity contribution is 5.97. The second kappa shape index (κ2) is 15.6. The van der Waals surface area contributed by atoms with E-state index in [0.29, 0.717) is 78.4 Å². The summed E-state index contributed by atoms with van der Waals surface area (Å²) in [6, 6.07) is 13.5. The number of carbonyl (C=O) groups excluding carboxylic acids is 2. The molecule has 47 heavy (non-hydrogen) atoms. The van der Waals surface area contributed by atoms with Crippen LogP contribution in [0.1, 0.15) is 22.8 Å². The van der Waals surface area contributed by atoms with Gasteiger partial charge in [0.2, 0.25) is 0 Å². The zero-order valence-electron chi connectivity index (χ0n) is 26.3. The molecule has 4 aromatic rings. The number of aldehydes is 1. The molecule has 0 atom stereocenters. The molecule has 2 aromatic heterocycles. The van der Waals surface area contributed by atoms with Crippen molar-refractivity contribution in [3.63, 3.8) is 0 Å². The predicted octanol–water partition coefficient (Wildman–Crippen LogP) is 3.15. The molecule has 0 unspecified atom stereocenters. The summed E-state index contributed by atoms with van der Waals surface area (Å²) in [4.78, 5) is 47.7. The number of rotatable bonds is 10. The zero-order chi connectivity index (χ0) is 33.3. The monoisotopic (exact) mass is 648 g/mol. The van der Waals surface area contributed by atoms with Crippen molar-refractivity contribution in [3.05, 3.63) is 86.4 Å². The van der Waals surface area contributed by atoms with Crippen LogP contribution in [0.2, 0.25) is 0 Å². The Balaban J connectivity index is 0.000000189.